The average molecular weight is 301 g/mol. The number of hydrogen-bond acceptors (Lipinski definition) is 4. The van der Waals surface area contributed by atoms with Crippen molar-refractivity contribution >= 4 is 17.7 Å². The molecule has 3 nitrogen and oxygen atoms in total. The van der Waals surface area contributed by atoms with E-state index in [9.17, 15) is 4.79 Å². The molecule has 1 aliphatic rings. The van der Waals surface area contributed by atoms with Crippen molar-refractivity contribution in [3.8, 4) is 0 Å². The number of ether oxygens (including phenoxy) is 1. The fourth-order valence-electron chi connectivity index (χ4n) is 2.58. The molecule has 0 aromatic carbocycles. The molecule has 118 valence electrons. The van der Waals surface area contributed by atoms with Crippen LogP contribution in [0.5, 0.6) is 0 Å². The van der Waals surface area contributed by atoms with Gasteiger partial charge in [0.2, 0.25) is 0 Å². The molecule has 1 rings (SSSR count). The summed E-state index contributed by atoms with van der Waals surface area (Å²) in [4.78, 5) is 11.6. The van der Waals surface area contributed by atoms with Crippen LogP contribution in [0.1, 0.15) is 64.7 Å². The average Bonchev–Trinajstić information content (AvgIpc) is 2.48. The predicted molar refractivity (Wildman–Crippen MR) is 87.0 cm³/mol. The normalized spacial score (nSPS) is 17.9. The van der Waals surface area contributed by atoms with Crippen LogP contribution in [0.4, 0.5) is 0 Å². The van der Waals surface area contributed by atoms with Crippen LogP contribution in [0, 0.1) is 5.92 Å². The number of thioether (sulfide) groups is 1. The molecule has 4 heteroatoms. The van der Waals surface area contributed by atoms with Gasteiger partial charge in [0, 0.05) is 0 Å². The van der Waals surface area contributed by atoms with Gasteiger partial charge in [-0.05, 0) is 36.7 Å². The smallest absolute Gasteiger partial charge is 0.322 e. The van der Waals surface area contributed by atoms with Crippen molar-refractivity contribution < 1.29 is 9.53 Å². The summed E-state index contributed by atoms with van der Waals surface area (Å²) in [5, 5.41) is 0. The summed E-state index contributed by atoms with van der Waals surface area (Å²) < 4.78 is 5.12. The minimum atomic E-state index is -0.436. The zero-order valence-corrected chi connectivity index (χ0v) is 13.8. The van der Waals surface area contributed by atoms with Gasteiger partial charge in [0.05, 0.1) is 6.61 Å². The van der Waals surface area contributed by atoms with Crippen LogP contribution in [0.3, 0.4) is 0 Å². The van der Waals surface area contributed by atoms with Gasteiger partial charge in [0.25, 0.3) is 0 Å². The molecule has 0 bridgehead atoms. The van der Waals surface area contributed by atoms with E-state index in [0.717, 1.165) is 30.9 Å². The van der Waals surface area contributed by atoms with Crippen molar-refractivity contribution in [3.63, 3.8) is 0 Å². The summed E-state index contributed by atoms with van der Waals surface area (Å²) in [6.45, 7) is 2.59. The molecule has 1 fully saturated rings. The summed E-state index contributed by atoms with van der Waals surface area (Å²) in [7, 11) is 0. The van der Waals surface area contributed by atoms with Crippen LogP contribution in [-0.2, 0) is 9.53 Å². The molecule has 0 aromatic heterocycles. The van der Waals surface area contributed by atoms with Crippen LogP contribution in [0.2, 0.25) is 0 Å². The first-order chi connectivity index (χ1) is 9.74. The number of esters is 1. The maximum atomic E-state index is 11.6. The van der Waals surface area contributed by atoms with E-state index in [4.69, 9.17) is 10.5 Å². The Morgan fingerprint density at radius 3 is 2.75 bits per heavy atom. The molecule has 1 atom stereocenters. The highest BCUT2D eigenvalue weighted by atomic mass is 32.2. The lowest BCUT2D eigenvalue weighted by Crippen LogP contribution is -2.33. The van der Waals surface area contributed by atoms with E-state index in [-0.39, 0.29) is 5.97 Å². The Morgan fingerprint density at radius 1 is 1.30 bits per heavy atom. The molecular formula is C16H31NO2S. The summed E-state index contributed by atoms with van der Waals surface area (Å²) in [6, 6.07) is -0.436. The minimum Gasteiger partial charge on any atom is -0.465 e. The Bertz CT molecular complexity index is 255. The van der Waals surface area contributed by atoms with Crippen molar-refractivity contribution in [2.45, 2.75) is 70.8 Å². The largest absolute Gasteiger partial charge is 0.465 e. The van der Waals surface area contributed by atoms with E-state index >= 15 is 0 Å². The summed E-state index contributed by atoms with van der Waals surface area (Å²) in [5.74, 6) is 2.90. The number of carbonyl (C=O) groups excluding carboxylic acids is 1. The molecule has 1 saturated carbocycles. The lowest BCUT2D eigenvalue weighted by molar-refractivity contribution is -0.145. The van der Waals surface area contributed by atoms with Crippen LogP contribution in [0.25, 0.3) is 0 Å². The Morgan fingerprint density at radius 2 is 2.05 bits per heavy atom. The third kappa shape index (κ3) is 8.15. The maximum Gasteiger partial charge on any atom is 0.322 e. The van der Waals surface area contributed by atoms with E-state index < -0.39 is 6.04 Å². The second-order valence-corrected chi connectivity index (χ2v) is 7.05. The fourth-order valence-corrected chi connectivity index (χ4v) is 3.70. The summed E-state index contributed by atoms with van der Waals surface area (Å²) in [5.41, 5.74) is 5.84. The van der Waals surface area contributed by atoms with E-state index in [0.29, 0.717) is 6.61 Å². The van der Waals surface area contributed by atoms with Crippen molar-refractivity contribution in [3.05, 3.63) is 0 Å². The van der Waals surface area contributed by atoms with Crippen LogP contribution < -0.4 is 5.73 Å². The van der Waals surface area contributed by atoms with Gasteiger partial charge >= 0.3 is 5.97 Å². The molecular weight excluding hydrogens is 270 g/mol. The van der Waals surface area contributed by atoms with E-state index in [1.54, 1.807) is 0 Å². The lowest BCUT2D eigenvalue weighted by Gasteiger charge is -2.21. The van der Waals surface area contributed by atoms with Gasteiger partial charge in [-0.2, -0.15) is 11.8 Å². The van der Waals surface area contributed by atoms with Crippen LogP contribution in [0.15, 0.2) is 0 Å². The second-order valence-electron chi connectivity index (χ2n) is 5.82. The third-order valence-electron chi connectivity index (χ3n) is 4.01. The third-order valence-corrected chi connectivity index (χ3v) is 5.06. The lowest BCUT2D eigenvalue weighted by atomic mass is 9.88. The minimum absolute atomic E-state index is 0.230. The monoisotopic (exact) mass is 301 g/mol. The Hall–Kier alpha value is -0.220. The highest BCUT2D eigenvalue weighted by Gasteiger charge is 2.15. The topological polar surface area (TPSA) is 52.3 Å². The Kier molecular flexibility index (Phi) is 10.2. The molecule has 0 saturated heterocycles. The molecule has 1 unspecified atom stereocenters. The molecule has 0 radical (unpaired) electrons. The molecule has 0 spiro atoms. The van der Waals surface area contributed by atoms with Crippen molar-refractivity contribution in [2.24, 2.45) is 11.7 Å². The molecule has 0 aromatic rings. The van der Waals surface area contributed by atoms with E-state index in [2.05, 4.69) is 6.92 Å². The molecule has 1 aliphatic carbocycles. The highest BCUT2D eigenvalue weighted by Crippen LogP contribution is 2.27. The van der Waals surface area contributed by atoms with Crippen molar-refractivity contribution in [1.82, 2.24) is 0 Å². The first kappa shape index (κ1) is 17.8. The fraction of sp³-hybridized carbons (Fsp3) is 0.938. The quantitative estimate of drug-likeness (QED) is 0.493. The van der Waals surface area contributed by atoms with Gasteiger partial charge in [-0.15, -0.1) is 0 Å². The van der Waals surface area contributed by atoms with Gasteiger partial charge < -0.3 is 10.5 Å². The number of hydrogen-bond donors (Lipinski definition) is 1. The van der Waals surface area contributed by atoms with Gasteiger partial charge in [0.1, 0.15) is 6.04 Å². The zero-order valence-electron chi connectivity index (χ0n) is 12.9. The SMILES string of the molecule is CCCCOC(=O)C(N)CCSCCC1CCCCC1. The Labute approximate surface area is 128 Å². The number of nitrogens with two attached hydrogens (primary N) is 1. The van der Waals surface area contributed by atoms with Crippen LogP contribution >= 0.6 is 11.8 Å². The van der Waals surface area contributed by atoms with Crippen LogP contribution in [-0.4, -0.2) is 30.1 Å². The van der Waals surface area contributed by atoms with Crippen molar-refractivity contribution in [1.29, 1.82) is 0 Å². The molecule has 2 N–H and O–H groups in total. The van der Waals surface area contributed by atoms with Gasteiger partial charge in [-0.3, -0.25) is 4.79 Å². The molecule has 20 heavy (non-hydrogen) atoms. The summed E-state index contributed by atoms with van der Waals surface area (Å²) in [6.07, 6.45) is 11.1. The summed E-state index contributed by atoms with van der Waals surface area (Å²) >= 11 is 1.93. The van der Waals surface area contributed by atoms with E-state index in [1.165, 1.54) is 44.3 Å². The van der Waals surface area contributed by atoms with Gasteiger partial charge in [-0.25, -0.2) is 0 Å². The highest BCUT2D eigenvalue weighted by molar-refractivity contribution is 7.99. The number of rotatable bonds is 10. The molecule has 0 aliphatic heterocycles. The standard InChI is InChI=1S/C16H31NO2S/c1-2-3-11-19-16(18)15(17)10-13-20-12-9-14-7-5-4-6-8-14/h14-15H,2-13,17H2,1H3. The predicted octanol–water partition coefficient (Wildman–Crippen LogP) is 3.75. The van der Waals surface area contributed by atoms with E-state index in [1.807, 2.05) is 11.8 Å². The Balaban J connectivity index is 1.95. The first-order valence-corrected chi connectivity index (χ1v) is 9.39. The number of unbranched alkanes of at least 4 members (excludes halogenated alkanes) is 1. The van der Waals surface area contributed by atoms with Crippen molar-refractivity contribution in [2.75, 3.05) is 18.1 Å². The molecule has 0 amide bonds. The second kappa shape index (κ2) is 11.4. The van der Waals surface area contributed by atoms with Gasteiger partial charge in [0.15, 0.2) is 0 Å². The maximum absolute atomic E-state index is 11.6. The van der Waals surface area contributed by atoms with Gasteiger partial charge in [-0.1, -0.05) is 45.4 Å². The first-order valence-electron chi connectivity index (χ1n) is 8.24. The number of carbonyl (C=O) groups is 1. The zero-order chi connectivity index (χ0) is 14.6. The molecule has 0 heterocycles.